The first-order valence-electron chi connectivity index (χ1n) is 11.4. The van der Waals surface area contributed by atoms with Crippen LogP contribution in [0.2, 0.25) is 0 Å². The van der Waals surface area contributed by atoms with Crippen molar-refractivity contribution in [2.75, 3.05) is 4.90 Å². The number of nitrogens with zero attached hydrogens (tertiary/aromatic N) is 1. The minimum absolute atomic E-state index is 0.239. The topological polar surface area (TPSA) is 116 Å². The normalized spacial score (nSPS) is 20.2. The lowest BCUT2D eigenvalue weighted by Crippen LogP contribution is -2.59. The van der Waals surface area contributed by atoms with Gasteiger partial charge in [0.05, 0.1) is 5.69 Å². The highest BCUT2D eigenvalue weighted by atomic mass is 16.4. The molecule has 3 atom stereocenters. The molecule has 2 heterocycles. The predicted octanol–water partition coefficient (Wildman–Crippen LogP) is 2.30. The van der Waals surface area contributed by atoms with E-state index in [-0.39, 0.29) is 12.3 Å². The zero-order valence-corrected chi connectivity index (χ0v) is 19.5. The van der Waals surface area contributed by atoms with Crippen molar-refractivity contribution in [2.24, 2.45) is 5.41 Å². The van der Waals surface area contributed by atoms with Crippen LogP contribution >= 0.6 is 0 Å². The molecule has 34 heavy (non-hydrogen) atoms. The maximum atomic E-state index is 13.5. The maximum absolute atomic E-state index is 13.5. The van der Waals surface area contributed by atoms with Gasteiger partial charge in [0.15, 0.2) is 0 Å². The molecule has 8 heteroatoms. The van der Waals surface area contributed by atoms with E-state index in [4.69, 9.17) is 0 Å². The van der Waals surface area contributed by atoms with Crippen LogP contribution in [0.4, 0.5) is 5.69 Å². The Labute approximate surface area is 198 Å². The van der Waals surface area contributed by atoms with E-state index in [1.165, 1.54) is 4.90 Å². The number of aryl methyl sites for hydroxylation is 1. The fourth-order valence-electron chi connectivity index (χ4n) is 4.70. The van der Waals surface area contributed by atoms with Crippen molar-refractivity contribution in [1.29, 1.82) is 0 Å². The molecule has 8 nitrogen and oxygen atoms in total. The predicted molar refractivity (Wildman–Crippen MR) is 126 cm³/mol. The highest BCUT2D eigenvalue weighted by Crippen LogP contribution is 2.39. The zero-order chi connectivity index (χ0) is 24.6. The van der Waals surface area contributed by atoms with E-state index in [9.17, 15) is 24.3 Å². The Morgan fingerprint density at radius 2 is 1.71 bits per heavy atom. The Hall–Kier alpha value is -3.68. The molecule has 2 aromatic rings. The van der Waals surface area contributed by atoms with Crippen LogP contribution in [0.5, 0.6) is 0 Å². The number of amides is 3. The zero-order valence-electron chi connectivity index (χ0n) is 19.5. The van der Waals surface area contributed by atoms with Gasteiger partial charge < -0.3 is 15.7 Å². The number of anilines is 1. The van der Waals surface area contributed by atoms with Crippen LogP contribution < -0.4 is 15.5 Å². The summed E-state index contributed by atoms with van der Waals surface area (Å²) in [5.41, 5.74) is 2.18. The molecule has 0 fully saturated rings. The van der Waals surface area contributed by atoms with E-state index in [0.29, 0.717) is 24.1 Å². The third kappa shape index (κ3) is 4.40. The summed E-state index contributed by atoms with van der Waals surface area (Å²) >= 11 is 0. The van der Waals surface area contributed by atoms with Gasteiger partial charge >= 0.3 is 5.97 Å². The average Bonchev–Trinajstić information content (AvgIpc) is 3.13. The Morgan fingerprint density at radius 3 is 2.35 bits per heavy atom. The molecule has 3 N–H and O–H groups in total. The Morgan fingerprint density at radius 1 is 1.03 bits per heavy atom. The van der Waals surface area contributed by atoms with Gasteiger partial charge in [-0.2, -0.15) is 0 Å². The Balaban J connectivity index is 1.57. The van der Waals surface area contributed by atoms with Crippen molar-refractivity contribution >= 4 is 29.4 Å². The van der Waals surface area contributed by atoms with Crippen LogP contribution in [0, 0.1) is 5.41 Å². The second-order valence-corrected chi connectivity index (χ2v) is 9.93. The SMILES string of the molecule is CC(C)(C)[C@H](NC(=O)c1ccccc1)C(=O)N[C@H]1CCc2cccc3c2N(C1=O)[C@H](C(=O)O)C3. The molecule has 178 valence electrons. The number of carbonyl (C=O) groups is 4. The number of hydrogen-bond donors (Lipinski definition) is 3. The lowest BCUT2D eigenvalue weighted by Gasteiger charge is -2.32. The number of nitrogens with one attached hydrogen (secondary N) is 2. The van der Waals surface area contributed by atoms with Crippen molar-refractivity contribution in [3.8, 4) is 0 Å². The third-order valence-electron chi connectivity index (χ3n) is 6.45. The summed E-state index contributed by atoms with van der Waals surface area (Å²) in [4.78, 5) is 52.9. The first-order chi connectivity index (χ1) is 16.1. The molecular weight excluding hydrogens is 434 g/mol. The second-order valence-electron chi connectivity index (χ2n) is 9.93. The molecule has 0 unspecified atom stereocenters. The summed E-state index contributed by atoms with van der Waals surface area (Å²) in [6, 6.07) is 11.4. The number of para-hydroxylation sites is 1. The van der Waals surface area contributed by atoms with E-state index in [0.717, 1.165) is 11.1 Å². The standard InChI is InChI=1S/C26H29N3O5/c1-26(2,3)21(28-22(30)16-8-5-4-6-9-16)23(31)27-18-13-12-15-10-7-11-17-14-19(25(33)34)29(20(15)17)24(18)32/h4-11,18-19,21H,12-14H2,1-3H3,(H,27,31)(H,28,30)(H,33,34)/t18-,19-,21+/m0/s1. The van der Waals surface area contributed by atoms with Crippen LogP contribution in [-0.2, 0) is 27.2 Å². The van der Waals surface area contributed by atoms with Gasteiger partial charge in [0.1, 0.15) is 18.1 Å². The molecular formula is C26H29N3O5. The molecule has 2 aliphatic heterocycles. The van der Waals surface area contributed by atoms with Crippen LogP contribution in [0.3, 0.4) is 0 Å². The maximum Gasteiger partial charge on any atom is 0.327 e. The largest absolute Gasteiger partial charge is 0.480 e. The molecule has 0 aliphatic carbocycles. The van der Waals surface area contributed by atoms with E-state index >= 15 is 0 Å². The van der Waals surface area contributed by atoms with Gasteiger partial charge in [0.25, 0.3) is 5.91 Å². The quantitative estimate of drug-likeness (QED) is 0.629. The first-order valence-corrected chi connectivity index (χ1v) is 11.4. The number of carboxylic acid groups (broad SMARTS) is 1. The van der Waals surface area contributed by atoms with Gasteiger partial charge in [0, 0.05) is 12.0 Å². The Kier molecular flexibility index (Phi) is 6.17. The van der Waals surface area contributed by atoms with Gasteiger partial charge in [-0.05, 0) is 41.5 Å². The Bertz CT molecular complexity index is 1140. The van der Waals surface area contributed by atoms with Gasteiger partial charge in [-0.1, -0.05) is 57.2 Å². The number of carboxylic acids is 1. The van der Waals surface area contributed by atoms with Crippen molar-refractivity contribution < 1.29 is 24.3 Å². The van der Waals surface area contributed by atoms with Gasteiger partial charge in [-0.25, -0.2) is 4.79 Å². The van der Waals surface area contributed by atoms with Gasteiger partial charge in [0.2, 0.25) is 11.8 Å². The van der Waals surface area contributed by atoms with Crippen molar-refractivity contribution in [2.45, 2.75) is 58.2 Å². The van der Waals surface area contributed by atoms with Crippen LogP contribution in [-0.4, -0.2) is 46.9 Å². The summed E-state index contributed by atoms with van der Waals surface area (Å²) < 4.78 is 0. The molecule has 0 aromatic heterocycles. The highest BCUT2D eigenvalue weighted by molar-refractivity contribution is 6.07. The fraction of sp³-hybridized carbons (Fsp3) is 0.385. The number of benzene rings is 2. The third-order valence-corrected chi connectivity index (χ3v) is 6.45. The van der Waals surface area contributed by atoms with Gasteiger partial charge in [-0.15, -0.1) is 0 Å². The molecule has 0 saturated carbocycles. The van der Waals surface area contributed by atoms with Crippen LogP contribution in [0.1, 0.15) is 48.7 Å². The molecule has 2 aliphatic rings. The van der Waals surface area contributed by atoms with E-state index < -0.39 is 41.3 Å². The molecule has 0 spiro atoms. The van der Waals surface area contributed by atoms with Crippen molar-refractivity contribution in [1.82, 2.24) is 10.6 Å². The van der Waals surface area contributed by atoms with E-state index in [1.807, 2.05) is 39.0 Å². The number of hydrogen-bond acceptors (Lipinski definition) is 4. The summed E-state index contributed by atoms with van der Waals surface area (Å²) in [6.45, 7) is 5.50. The number of rotatable bonds is 5. The highest BCUT2D eigenvalue weighted by Gasteiger charge is 2.45. The van der Waals surface area contributed by atoms with Crippen LogP contribution in [0.25, 0.3) is 0 Å². The fourth-order valence-corrected chi connectivity index (χ4v) is 4.70. The van der Waals surface area contributed by atoms with Gasteiger partial charge in [-0.3, -0.25) is 19.3 Å². The van der Waals surface area contributed by atoms with E-state index in [2.05, 4.69) is 10.6 Å². The molecule has 0 radical (unpaired) electrons. The summed E-state index contributed by atoms with van der Waals surface area (Å²) in [6.07, 6.45) is 1.11. The van der Waals surface area contributed by atoms with Crippen molar-refractivity contribution in [3.05, 3.63) is 65.2 Å². The monoisotopic (exact) mass is 463 g/mol. The van der Waals surface area contributed by atoms with Crippen LogP contribution in [0.15, 0.2) is 48.5 Å². The number of carbonyl (C=O) groups excluding carboxylic acids is 3. The molecule has 0 saturated heterocycles. The molecule has 2 aromatic carbocycles. The lowest BCUT2D eigenvalue weighted by atomic mass is 9.85. The second kappa shape index (κ2) is 8.93. The smallest absolute Gasteiger partial charge is 0.327 e. The summed E-state index contributed by atoms with van der Waals surface area (Å²) in [5.74, 6) is -2.38. The molecule has 3 amide bonds. The first kappa shape index (κ1) is 23.5. The molecule has 0 bridgehead atoms. The lowest BCUT2D eigenvalue weighted by molar-refractivity contribution is -0.140. The van der Waals surface area contributed by atoms with E-state index in [1.54, 1.807) is 30.3 Å². The number of aliphatic carboxylic acids is 1. The van der Waals surface area contributed by atoms with Crippen molar-refractivity contribution in [3.63, 3.8) is 0 Å². The minimum Gasteiger partial charge on any atom is -0.480 e. The average molecular weight is 464 g/mol. The summed E-state index contributed by atoms with van der Waals surface area (Å²) in [5, 5.41) is 15.4. The summed E-state index contributed by atoms with van der Waals surface area (Å²) in [7, 11) is 0. The molecule has 4 rings (SSSR count). The minimum atomic E-state index is -1.08.